The summed E-state index contributed by atoms with van der Waals surface area (Å²) >= 11 is 0. The van der Waals surface area contributed by atoms with Gasteiger partial charge in [-0.05, 0) is 80.1 Å². The van der Waals surface area contributed by atoms with Crippen LogP contribution in [0.1, 0.15) is 74.4 Å². The number of benzene rings is 2. The monoisotopic (exact) mass is 642 g/mol. The van der Waals surface area contributed by atoms with E-state index in [2.05, 4.69) is 0 Å². The number of nitrogens with zero attached hydrogens (tertiary/aromatic N) is 2. The molecule has 2 aromatic carbocycles. The van der Waals surface area contributed by atoms with E-state index in [1.54, 1.807) is 13.8 Å². The Morgan fingerprint density at radius 2 is 1.41 bits per heavy atom. The number of ether oxygens (including phenoxy) is 2. The molecule has 1 heterocycles. The van der Waals surface area contributed by atoms with Crippen molar-refractivity contribution < 1.29 is 58.6 Å². The number of methoxy groups -OCH3 is 1. The van der Waals surface area contributed by atoms with E-state index >= 15 is 0 Å². The lowest BCUT2D eigenvalue weighted by molar-refractivity contribution is -0.143. The number of carbonyl (C=O) groups is 2. The largest absolute Gasteiger partial charge is 0.453 e. The van der Waals surface area contributed by atoms with Gasteiger partial charge in [-0.25, -0.2) is 9.59 Å². The standard InChI is InChI=1S/C29H31F9N2O4/c1-15(2)8-21-13-24(22-12-18(27(30,31)32)6-7-23(22)40(21)26(42)44-16(3)4)39(25(41)43-5)14-17-9-19(28(33,34)35)11-20(10-17)29(36,37)38/h6-7,9-12,15-16,21,24H,8,13-14H2,1-5H3. The smallest absolute Gasteiger partial charge is 0.416 e. The van der Waals surface area contributed by atoms with Crippen molar-refractivity contribution in [2.75, 3.05) is 12.0 Å². The van der Waals surface area contributed by atoms with Crippen LogP contribution in [0.15, 0.2) is 36.4 Å². The summed E-state index contributed by atoms with van der Waals surface area (Å²) in [5.74, 6) is -0.0876. The molecule has 0 saturated carbocycles. The van der Waals surface area contributed by atoms with Crippen molar-refractivity contribution in [3.05, 3.63) is 64.2 Å². The second kappa shape index (κ2) is 12.8. The summed E-state index contributed by atoms with van der Waals surface area (Å²) in [5, 5.41) is 0. The molecule has 0 aliphatic carbocycles. The molecule has 2 aromatic rings. The average molecular weight is 643 g/mol. The average Bonchev–Trinajstić information content (AvgIpc) is 2.88. The van der Waals surface area contributed by atoms with Crippen LogP contribution in [-0.4, -0.2) is 36.3 Å². The topological polar surface area (TPSA) is 59.1 Å². The number of anilines is 1. The number of rotatable bonds is 6. The Kier molecular flexibility index (Phi) is 10.1. The Bertz CT molecular complexity index is 1320. The number of hydrogen-bond donors (Lipinski definition) is 0. The Morgan fingerprint density at radius 3 is 1.86 bits per heavy atom. The van der Waals surface area contributed by atoms with E-state index in [1.807, 2.05) is 13.8 Å². The van der Waals surface area contributed by atoms with Crippen LogP contribution in [0.25, 0.3) is 0 Å². The third-order valence-electron chi connectivity index (χ3n) is 6.90. The van der Waals surface area contributed by atoms with Crippen molar-refractivity contribution in [1.82, 2.24) is 4.90 Å². The first-order valence-corrected chi connectivity index (χ1v) is 13.5. The number of carbonyl (C=O) groups excluding carboxylic acids is 2. The minimum absolute atomic E-state index is 0.0560. The lowest BCUT2D eigenvalue weighted by Gasteiger charge is -2.44. The highest BCUT2D eigenvalue weighted by atomic mass is 19.4. The van der Waals surface area contributed by atoms with E-state index in [0.29, 0.717) is 18.2 Å². The van der Waals surface area contributed by atoms with Crippen LogP contribution >= 0.6 is 0 Å². The fourth-order valence-electron chi connectivity index (χ4n) is 5.18. The highest BCUT2D eigenvalue weighted by molar-refractivity contribution is 5.90. The second-order valence-corrected chi connectivity index (χ2v) is 11.1. The van der Waals surface area contributed by atoms with Gasteiger partial charge < -0.3 is 9.47 Å². The summed E-state index contributed by atoms with van der Waals surface area (Å²) in [7, 11) is 0.913. The van der Waals surface area contributed by atoms with Gasteiger partial charge in [-0.1, -0.05) is 13.8 Å². The molecule has 0 aromatic heterocycles. The molecule has 2 amide bonds. The van der Waals surface area contributed by atoms with Crippen molar-refractivity contribution in [2.24, 2.45) is 5.92 Å². The van der Waals surface area contributed by atoms with Gasteiger partial charge in [0.1, 0.15) is 0 Å². The molecular formula is C29H31F9N2O4. The number of halogens is 9. The lowest BCUT2D eigenvalue weighted by atomic mass is 9.85. The lowest BCUT2D eigenvalue weighted by Crippen LogP contribution is -2.49. The third kappa shape index (κ3) is 8.08. The van der Waals surface area contributed by atoms with Crippen LogP contribution in [0.4, 0.5) is 54.8 Å². The van der Waals surface area contributed by atoms with Crippen molar-refractivity contribution in [3.63, 3.8) is 0 Å². The van der Waals surface area contributed by atoms with Gasteiger partial charge in [0.15, 0.2) is 0 Å². The molecule has 2 unspecified atom stereocenters. The molecule has 2 atom stereocenters. The van der Waals surface area contributed by atoms with E-state index in [4.69, 9.17) is 9.47 Å². The first-order chi connectivity index (χ1) is 20.1. The summed E-state index contributed by atoms with van der Waals surface area (Å²) in [6.07, 6.45) is -17.9. The van der Waals surface area contributed by atoms with Gasteiger partial charge in [-0.15, -0.1) is 0 Å². The second-order valence-electron chi connectivity index (χ2n) is 11.1. The van der Waals surface area contributed by atoms with Crippen molar-refractivity contribution in [2.45, 2.75) is 83.8 Å². The van der Waals surface area contributed by atoms with Crippen LogP contribution in [0.2, 0.25) is 0 Å². The zero-order chi connectivity index (χ0) is 33.4. The highest BCUT2D eigenvalue weighted by Gasteiger charge is 2.44. The molecule has 0 bridgehead atoms. The minimum atomic E-state index is -5.18. The summed E-state index contributed by atoms with van der Waals surface area (Å²) in [6, 6.07) is 1.11. The summed E-state index contributed by atoms with van der Waals surface area (Å²) in [5.41, 5.74) is -5.27. The molecule has 1 aliphatic heterocycles. The van der Waals surface area contributed by atoms with Gasteiger partial charge in [0, 0.05) is 12.6 Å². The summed E-state index contributed by atoms with van der Waals surface area (Å²) in [4.78, 5) is 28.3. The van der Waals surface area contributed by atoms with Crippen LogP contribution in [0, 0.1) is 5.92 Å². The maximum Gasteiger partial charge on any atom is 0.416 e. The minimum Gasteiger partial charge on any atom is -0.453 e. The van der Waals surface area contributed by atoms with E-state index < -0.39 is 77.7 Å². The molecule has 6 nitrogen and oxygen atoms in total. The van der Waals surface area contributed by atoms with Crippen molar-refractivity contribution >= 4 is 17.9 Å². The number of alkyl halides is 9. The number of fused-ring (bicyclic) bond motifs is 1. The maximum atomic E-state index is 13.8. The van der Waals surface area contributed by atoms with Gasteiger partial charge >= 0.3 is 30.7 Å². The van der Waals surface area contributed by atoms with E-state index in [0.717, 1.165) is 24.1 Å². The molecule has 0 radical (unpaired) electrons. The van der Waals surface area contributed by atoms with Crippen LogP contribution < -0.4 is 4.90 Å². The van der Waals surface area contributed by atoms with Gasteiger partial charge in [0.05, 0.1) is 41.6 Å². The number of amides is 2. The molecule has 44 heavy (non-hydrogen) atoms. The Labute approximate surface area is 247 Å². The normalized spacial score (nSPS) is 17.5. The Morgan fingerprint density at radius 1 is 0.864 bits per heavy atom. The van der Waals surface area contributed by atoms with Crippen molar-refractivity contribution in [3.8, 4) is 0 Å². The van der Waals surface area contributed by atoms with Gasteiger partial charge in [-0.2, -0.15) is 39.5 Å². The van der Waals surface area contributed by atoms with Crippen LogP contribution in [-0.2, 0) is 34.5 Å². The third-order valence-corrected chi connectivity index (χ3v) is 6.90. The molecule has 244 valence electrons. The SMILES string of the molecule is COC(=O)N(Cc1cc(C(F)(F)F)cc(C(F)(F)F)c1)C1CC(CC(C)C)N(C(=O)OC(C)C)c2ccc(C(F)(F)F)cc21. The molecule has 0 N–H and O–H groups in total. The number of hydrogen-bond acceptors (Lipinski definition) is 4. The van der Waals surface area contributed by atoms with Gasteiger partial charge in [-0.3, -0.25) is 9.80 Å². The van der Waals surface area contributed by atoms with E-state index in [9.17, 15) is 49.1 Å². The quantitative estimate of drug-likeness (QED) is 0.295. The van der Waals surface area contributed by atoms with Gasteiger partial charge in [0.2, 0.25) is 0 Å². The Balaban J connectivity index is 2.27. The molecule has 15 heteroatoms. The highest BCUT2D eigenvalue weighted by Crippen LogP contribution is 2.46. The Hall–Kier alpha value is -3.65. The zero-order valence-electron chi connectivity index (χ0n) is 24.3. The predicted octanol–water partition coefficient (Wildman–Crippen LogP) is 9.22. The van der Waals surface area contributed by atoms with Crippen LogP contribution in [0.3, 0.4) is 0 Å². The van der Waals surface area contributed by atoms with Gasteiger partial charge in [0.25, 0.3) is 0 Å². The van der Waals surface area contributed by atoms with Crippen molar-refractivity contribution in [1.29, 1.82) is 0 Å². The fraction of sp³-hybridized carbons (Fsp3) is 0.517. The van der Waals surface area contributed by atoms with Crippen LogP contribution in [0.5, 0.6) is 0 Å². The van der Waals surface area contributed by atoms with E-state index in [1.165, 1.54) is 4.90 Å². The molecule has 0 saturated heterocycles. The fourth-order valence-corrected chi connectivity index (χ4v) is 5.18. The first kappa shape index (κ1) is 34.8. The molecule has 3 rings (SSSR count). The first-order valence-electron chi connectivity index (χ1n) is 13.5. The molecular weight excluding hydrogens is 611 g/mol. The summed E-state index contributed by atoms with van der Waals surface area (Å²) < 4.78 is 133. The molecule has 1 aliphatic rings. The zero-order valence-corrected chi connectivity index (χ0v) is 24.3. The summed E-state index contributed by atoms with van der Waals surface area (Å²) in [6.45, 7) is 5.87. The molecule has 0 fully saturated rings. The van der Waals surface area contributed by atoms with E-state index in [-0.39, 0.29) is 36.1 Å². The predicted molar refractivity (Wildman–Crippen MR) is 141 cm³/mol. The maximum absolute atomic E-state index is 13.8. The molecule has 0 spiro atoms.